The van der Waals surface area contributed by atoms with E-state index in [1.54, 1.807) is 6.07 Å². The molecule has 0 saturated heterocycles. The van der Waals surface area contributed by atoms with Crippen LogP contribution in [-0.4, -0.2) is 20.6 Å². The number of nitrogens with zero attached hydrogens (tertiary/aromatic N) is 3. The van der Waals surface area contributed by atoms with Crippen molar-refractivity contribution in [3.63, 3.8) is 0 Å². The molecule has 27 heavy (non-hydrogen) atoms. The number of non-ortho nitro benzene ring substituents is 1. The van der Waals surface area contributed by atoms with E-state index >= 15 is 0 Å². The van der Waals surface area contributed by atoms with Crippen LogP contribution in [0.25, 0.3) is 0 Å². The van der Waals surface area contributed by atoms with Crippen molar-refractivity contribution in [2.45, 2.75) is 27.3 Å². The van der Waals surface area contributed by atoms with Crippen molar-refractivity contribution in [3.8, 4) is 0 Å². The summed E-state index contributed by atoms with van der Waals surface area (Å²) in [6.45, 7) is 6.35. The van der Waals surface area contributed by atoms with Gasteiger partial charge in [0.15, 0.2) is 0 Å². The quantitative estimate of drug-likeness (QED) is 0.547. The minimum atomic E-state index is -0.521. The monoisotopic (exact) mass is 364 g/mol. The second-order valence-corrected chi connectivity index (χ2v) is 6.45. The van der Waals surface area contributed by atoms with Crippen LogP contribution < -0.4 is 5.32 Å². The molecule has 0 radical (unpaired) electrons. The Balaban J connectivity index is 1.83. The molecular formula is C20H20N4O3. The second kappa shape index (κ2) is 7.41. The summed E-state index contributed by atoms with van der Waals surface area (Å²) in [7, 11) is 0. The normalized spacial score (nSPS) is 10.6. The summed E-state index contributed by atoms with van der Waals surface area (Å²) >= 11 is 0. The Hall–Kier alpha value is -3.48. The van der Waals surface area contributed by atoms with Crippen LogP contribution in [0.2, 0.25) is 0 Å². The lowest BCUT2D eigenvalue weighted by atomic mass is 10.1. The first-order valence-corrected chi connectivity index (χ1v) is 8.50. The van der Waals surface area contributed by atoms with Gasteiger partial charge in [-0.1, -0.05) is 35.9 Å². The predicted octanol–water partition coefficient (Wildman–Crippen LogP) is 4.02. The third kappa shape index (κ3) is 4.03. The Kier molecular flexibility index (Phi) is 5.03. The fraction of sp³-hybridized carbons (Fsp3) is 0.200. The van der Waals surface area contributed by atoms with Crippen LogP contribution in [-0.2, 0) is 6.54 Å². The van der Waals surface area contributed by atoms with Crippen LogP contribution in [0.3, 0.4) is 0 Å². The number of anilines is 1. The number of hydrogen-bond acceptors (Lipinski definition) is 4. The van der Waals surface area contributed by atoms with Crippen LogP contribution >= 0.6 is 0 Å². The first-order chi connectivity index (χ1) is 12.8. The number of nitrogens with one attached hydrogen (secondary N) is 1. The van der Waals surface area contributed by atoms with Crippen molar-refractivity contribution < 1.29 is 9.72 Å². The molecule has 138 valence electrons. The molecule has 0 spiro atoms. The van der Waals surface area contributed by atoms with Gasteiger partial charge in [0.1, 0.15) is 0 Å². The summed E-state index contributed by atoms with van der Waals surface area (Å²) in [5.41, 5.74) is 4.55. The summed E-state index contributed by atoms with van der Waals surface area (Å²) in [5.74, 6) is -0.403. The molecule has 2 aromatic carbocycles. The first-order valence-electron chi connectivity index (χ1n) is 8.50. The van der Waals surface area contributed by atoms with Gasteiger partial charge in [0, 0.05) is 17.7 Å². The highest BCUT2D eigenvalue weighted by molar-refractivity contribution is 6.05. The number of carbonyl (C=O) groups excluding carboxylic acids is 1. The Morgan fingerprint density at radius 2 is 1.89 bits per heavy atom. The minimum absolute atomic E-state index is 0.119. The highest BCUT2D eigenvalue weighted by Crippen LogP contribution is 2.22. The fourth-order valence-electron chi connectivity index (χ4n) is 2.96. The Morgan fingerprint density at radius 3 is 2.59 bits per heavy atom. The lowest BCUT2D eigenvalue weighted by molar-refractivity contribution is -0.384. The van der Waals surface area contributed by atoms with Crippen molar-refractivity contribution in [1.29, 1.82) is 0 Å². The number of nitro benzene ring substituents is 1. The topological polar surface area (TPSA) is 90.1 Å². The molecule has 0 saturated carbocycles. The van der Waals surface area contributed by atoms with Gasteiger partial charge in [0.25, 0.3) is 11.6 Å². The van der Waals surface area contributed by atoms with Crippen molar-refractivity contribution in [3.05, 3.63) is 86.7 Å². The van der Waals surface area contributed by atoms with E-state index in [9.17, 15) is 14.9 Å². The van der Waals surface area contributed by atoms with Gasteiger partial charge in [-0.3, -0.25) is 19.6 Å². The fourth-order valence-corrected chi connectivity index (χ4v) is 2.96. The van der Waals surface area contributed by atoms with Gasteiger partial charge in [-0.05, 0) is 32.4 Å². The molecule has 0 aliphatic rings. The molecule has 0 bridgehead atoms. The molecule has 7 nitrogen and oxygen atoms in total. The summed E-state index contributed by atoms with van der Waals surface area (Å²) in [6, 6.07) is 13.8. The number of hydrogen-bond donors (Lipinski definition) is 1. The summed E-state index contributed by atoms with van der Waals surface area (Å²) in [5, 5.41) is 18.3. The zero-order valence-corrected chi connectivity index (χ0v) is 15.4. The third-order valence-electron chi connectivity index (χ3n) is 4.35. The summed E-state index contributed by atoms with van der Waals surface area (Å²) in [4.78, 5) is 22.9. The number of aromatic nitrogens is 2. The lowest BCUT2D eigenvalue weighted by Gasteiger charge is -2.08. The van der Waals surface area contributed by atoms with Gasteiger partial charge in [-0.15, -0.1) is 0 Å². The van der Waals surface area contributed by atoms with E-state index < -0.39 is 10.8 Å². The Bertz CT molecular complexity index is 1020. The highest BCUT2D eigenvalue weighted by atomic mass is 16.6. The van der Waals surface area contributed by atoms with E-state index in [0.717, 1.165) is 11.3 Å². The number of carbonyl (C=O) groups is 1. The van der Waals surface area contributed by atoms with Crippen molar-refractivity contribution in [2.75, 3.05) is 5.32 Å². The van der Waals surface area contributed by atoms with Gasteiger partial charge in [-0.2, -0.15) is 5.10 Å². The minimum Gasteiger partial charge on any atom is -0.319 e. The Morgan fingerprint density at radius 1 is 1.15 bits per heavy atom. The van der Waals surface area contributed by atoms with Gasteiger partial charge >= 0.3 is 0 Å². The number of nitro groups is 1. The molecule has 1 N–H and O–H groups in total. The molecule has 0 fully saturated rings. The molecule has 1 heterocycles. The second-order valence-electron chi connectivity index (χ2n) is 6.45. The predicted molar refractivity (Wildman–Crippen MR) is 103 cm³/mol. The summed E-state index contributed by atoms with van der Waals surface area (Å²) < 4.78 is 1.84. The van der Waals surface area contributed by atoms with E-state index in [1.165, 1.54) is 23.8 Å². The average Bonchev–Trinajstić information content (AvgIpc) is 2.89. The molecule has 7 heteroatoms. The third-order valence-corrected chi connectivity index (χ3v) is 4.35. The summed E-state index contributed by atoms with van der Waals surface area (Å²) in [6.07, 6.45) is 0. The maximum Gasteiger partial charge on any atom is 0.270 e. The zero-order chi connectivity index (χ0) is 19.6. The van der Waals surface area contributed by atoms with E-state index in [0.29, 0.717) is 17.9 Å². The standard InChI is InChI=1S/C20H20N4O3/c1-13-6-4-7-16(10-13)12-23-15(3)19(14(2)22-23)21-20(25)17-8-5-9-18(11-17)24(26)27/h4-11H,12H2,1-3H3,(H,21,25). The van der Waals surface area contributed by atoms with Crippen molar-refractivity contribution in [1.82, 2.24) is 9.78 Å². The molecule has 3 aromatic rings. The maximum absolute atomic E-state index is 12.5. The van der Waals surface area contributed by atoms with Crippen LogP contribution in [0.15, 0.2) is 48.5 Å². The van der Waals surface area contributed by atoms with Crippen LogP contribution in [0.5, 0.6) is 0 Å². The molecule has 1 amide bonds. The van der Waals surface area contributed by atoms with E-state index in [4.69, 9.17) is 0 Å². The van der Waals surface area contributed by atoms with E-state index in [-0.39, 0.29) is 11.3 Å². The molecular weight excluding hydrogens is 344 g/mol. The number of rotatable bonds is 5. The van der Waals surface area contributed by atoms with Gasteiger partial charge in [-0.25, -0.2) is 0 Å². The maximum atomic E-state index is 12.5. The number of benzene rings is 2. The molecule has 1 aromatic heterocycles. The number of amides is 1. The zero-order valence-electron chi connectivity index (χ0n) is 15.4. The highest BCUT2D eigenvalue weighted by Gasteiger charge is 2.17. The van der Waals surface area contributed by atoms with Crippen LogP contribution in [0.4, 0.5) is 11.4 Å². The number of aryl methyl sites for hydroxylation is 2. The largest absolute Gasteiger partial charge is 0.319 e. The lowest BCUT2D eigenvalue weighted by Crippen LogP contribution is -2.13. The van der Waals surface area contributed by atoms with Crippen LogP contribution in [0, 0.1) is 30.9 Å². The van der Waals surface area contributed by atoms with Crippen LogP contribution in [0.1, 0.15) is 32.9 Å². The molecule has 0 aliphatic carbocycles. The van der Waals surface area contributed by atoms with E-state index in [1.807, 2.05) is 43.7 Å². The Labute approximate surface area is 156 Å². The van der Waals surface area contributed by atoms with Gasteiger partial charge in [0.05, 0.1) is 28.5 Å². The average molecular weight is 364 g/mol. The molecule has 0 atom stereocenters. The smallest absolute Gasteiger partial charge is 0.270 e. The molecule has 0 aliphatic heterocycles. The SMILES string of the molecule is Cc1cccc(Cn2nc(C)c(NC(=O)c3cccc([N+](=O)[O-])c3)c2C)c1. The van der Waals surface area contributed by atoms with E-state index in [2.05, 4.69) is 16.5 Å². The molecule has 3 rings (SSSR count). The van der Waals surface area contributed by atoms with Gasteiger partial charge in [0.2, 0.25) is 0 Å². The van der Waals surface area contributed by atoms with Gasteiger partial charge < -0.3 is 5.32 Å². The first kappa shape index (κ1) is 18.3. The van der Waals surface area contributed by atoms with Crippen molar-refractivity contribution >= 4 is 17.3 Å². The van der Waals surface area contributed by atoms with Crippen molar-refractivity contribution in [2.24, 2.45) is 0 Å². The molecule has 0 unspecified atom stereocenters.